The lowest BCUT2D eigenvalue weighted by atomic mass is 9.85. The van der Waals surface area contributed by atoms with Crippen LogP contribution in [0.5, 0.6) is 0 Å². The molecule has 0 heterocycles. The number of hydrogen-bond donors (Lipinski definition) is 1. The van der Waals surface area contributed by atoms with E-state index in [-0.39, 0.29) is 10.2 Å². The second-order valence-electron chi connectivity index (χ2n) is 2.18. The Morgan fingerprint density at radius 2 is 2.12 bits per heavy atom. The van der Waals surface area contributed by atoms with Crippen LogP contribution in [0.3, 0.4) is 0 Å². The minimum Gasteiger partial charge on any atom is -0.368 e. The summed E-state index contributed by atoms with van der Waals surface area (Å²) in [4.78, 5) is 10.5. The summed E-state index contributed by atoms with van der Waals surface area (Å²) in [5.74, 6) is -0.219. The van der Waals surface area contributed by atoms with Crippen LogP contribution in [0.2, 0.25) is 0 Å². The van der Waals surface area contributed by atoms with Gasteiger partial charge in [-0.3, -0.25) is 4.79 Å². The molecule has 2 nitrogen and oxygen atoms in total. The summed E-state index contributed by atoms with van der Waals surface area (Å²) in [5, 5.41) is 0. The maximum atomic E-state index is 10.5. The summed E-state index contributed by atoms with van der Waals surface area (Å²) in [5.41, 5.74) is 5.05. The van der Waals surface area contributed by atoms with Gasteiger partial charge in [-0.1, -0.05) is 15.9 Å². The van der Waals surface area contributed by atoms with E-state index in [1.54, 1.807) is 0 Å². The van der Waals surface area contributed by atoms with Gasteiger partial charge in [0.25, 0.3) is 0 Å². The lowest BCUT2D eigenvalue weighted by Crippen LogP contribution is -2.43. The molecule has 0 aromatic carbocycles. The molecular weight excluding hydrogens is 170 g/mol. The van der Waals surface area contributed by atoms with Gasteiger partial charge in [0, 0.05) is 0 Å². The minimum absolute atomic E-state index is 0.219. The smallest absolute Gasteiger partial charge is 0.234 e. The molecule has 2 N–H and O–H groups in total. The van der Waals surface area contributed by atoms with Crippen molar-refractivity contribution < 1.29 is 4.79 Å². The highest BCUT2D eigenvalue weighted by molar-refractivity contribution is 9.10. The van der Waals surface area contributed by atoms with E-state index in [0.29, 0.717) is 0 Å². The van der Waals surface area contributed by atoms with E-state index in [1.807, 2.05) is 0 Å². The second-order valence-corrected chi connectivity index (χ2v) is 3.70. The van der Waals surface area contributed by atoms with Gasteiger partial charge < -0.3 is 5.73 Å². The number of hydrogen-bond acceptors (Lipinski definition) is 1. The second kappa shape index (κ2) is 1.72. The van der Waals surface area contributed by atoms with Crippen molar-refractivity contribution >= 4 is 21.8 Å². The fourth-order valence-electron chi connectivity index (χ4n) is 0.734. The fraction of sp³-hybridized carbons (Fsp3) is 0.800. The summed E-state index contributed by atoms with van der Waals surface area (Å²) >= 11 is 3.26. The zero-order valence-electron chi connectivity index (χ0n) is 4.48. The van der Waals surface area contributed by atoms with Gasteiger partial charge in [0.2, 0.25) is 5.91 Å². The molecule has 0 radical (unpaired) electrons. The number of carbonyl (C=O) groups excluding carboxylic acids is 1. The third kappa shape index (κ3) is 0.749. The van der Waals surface area contributed by atoms with Crippen molar-refractivity contribution in [1.29, 1.82) is 0 Å². The minimum atomic E-state index is -0.326. The van der Waals surface area contributed by atoms with Crippen LogP contribution in [0.15, 0.2) is 0 Å². The first-order chi connectivity index (χ1) is 3.65. The molecule has 0 unspecified atom stereocenters. The molecule has 1 aliphatic rings. The number of carbonyl (C=O) groups is 1. The average Bonchev–Trinajstić information content (AvgIpc) is 1.60. The Labute approximate surface area is 56.6 Å². The van der Waals surface area contributed by atoms with Crippen LogP contribution in [0.4, 0.5) is 0 Å². The molecule has 0 aliphatic heterocycles. The lowest BCUT2D eigenvalue weighted by Gasteiger charge is -2.32. The molecule has 0 saturated heterocycles. The van der Waals surface area contributed by atoms with Gasteiger partial charge >= 0.3 is 0 Å². The van der Waals surface area contributed by atoms with E-state index in [4.69, 9.17) is 5.73 Å². The van der Waals surface area contributed by atoms with Crippen molar-refractivity contribution in [2.75, 3.05) is 0 Å². The molecule has 1 fully saturated rings. The molecule has 0 atom stereocenters. The Bertz CT molecular complexity index is 120. The van der Waals surface area contributed by atoms with Crippen LogP contribution >= 0.6 is 15.9 Å². The average molecular weight is 178 g/mol. The summed E-state index contributed by atoms with van der Waals surface area (Å²) in [6.45, 7) is 0. The quantitative estimate of drug-likeness (QED) is 0.592. The number of primary amides is 1. The van der Waals surface area contributed by atoms with Crippen LogP contribution in [0, 0.1) is 0 Å². The van der Waals surface area contributed by atoms with Crippen LogP contribution in [0.25, 0.3) is 0 Å². The molecule has 1 amide bonds. The molecular formula is C5H8BrNO. The Morgan fingerprint density at radius 1 is 1.62 bits per heavy atom. The van der Waals surface area contributed by atoms with Gasteiger partial charge in [-0.25, -0.2) is 0 Å². The van der Waals surface area contributed by atoms with Crippen molar-refractivity contribution in [1.82, 2.24) is 0 Å². The number of halogens is 1. The largest absolute Gasteiger partial charge is 0.368 e. The first-order valence-electron chi connectivity index (χ1n) is 2.64. The third-order valence-corrected chi connectivity index (χ3v) is 2.77. The van der Waals surface area contributed by atoms with Crippen molar-refractivity contribution in [3.05, 3.63) is 0 Å². The lowest BCUT2D eigenvalue weighted by molar-refractivity contribution is -0.121. The highest BCUT2D eigenvalue weighted by Gasteiger charge is 2.39. The maximum Gasteiger partial charge on any atom is 0.234 e. The molecule has 46 valence electrons. The number of rotatable bonds is 1. The van der Waals surface area contributed by atoms with Crippen molar-refractivity contribution in [3.8, 4) is 0 Å². The van der Waals surface area contributed by atoms with E-state index < -0.39 is 0 Å². The molecule has 0 aromatic heterocycles. The highest BCUT2D eigenvalue weighted by Crippen LogP contribution is 2.39. The standard InChI is InChI=1S/C5H8BrNO/c6-5(4(7)8)2-1-3-5/h1-3H2,(H2,7,8). The van der Waals surface area contributed by atoms with Crippen LogP contribution in [0.1, 0.15) is 19.3 Å². The zero-order chi connectivity index (χ0) is 6.20. The molecule has 8 heavy (non-hydrogen) atoms. The van der Waals surface area contributed by atoms with Gasteiger partial charge in [-0.15, -0.1) is 0 Å². The van der Waals surface area contributed by atoms with Crippen molar-refractivity contribution in [2.24, 2.45) is 5.73 Å². The Morgan fingerprint density at radius 3 is 2.12 bits per heavy atom. The van der Waals surface area contributed by atoms with Crippen LogP contribution in [-0.4, -0.2) is 10.2 Å². The maximum absolute atomic E-state index is 10.5. The Kier molecular flexibility index (Phi) is 1.31. The van der Waals surface area contributed by atoms with Gasteiger partial charge in [0.1, 0.15) is 4.32 Å². The molecule has 1 aliphatic carbocycles. The SMILES string of the molecule is NC(=O)C1(Br)CCC1. The van der Waals surface area contributed by atoms with Gasteiger partial charge in [0.15, 0.2) is 0 Å². The van der Waals surface area contributed by atoms with E-state index in [0.717, 1.165) is 19.3 Å². The van der Waals surface area contributed by atoms with Gasteiger partial charge in [-0.2, -0.15) is 0 Å². The monoisotopic (exact) mass is 177 g/mol. The summed E-state index contributed by atoms with van der Waals surface area (Å²) in [6.07, 6.45) is 2.93. The molecule has 0 bridgehead atoms. The van der Waals surface area contributed by atoms with Gasteiger partial charge in [-0.05, 0) is 19.3 Å². The Hall–Kier alpha value is -0.0500. The van der Waals surface area contributed by atoms with Gasteiger partial charge in [0.05, 0.1) is 0 Å². The van der Waals surface area contributed by atoms with Crippen molar-refractivity contribution in [3.63, 3.8) is 0 Å². The molecule has 0 spiro atoms. The normalized spacial score (nSPS) is 24.1. The molecule has 0 aromatic rings. The molecule has 3 heteroatoms. The predicted octanol–water partition coefficient (Wildman–Crippen LogP) is 0.789. The van der Waals surface area contributed by atoms with E-state index in [1.165, 1.54) is 0 Å². The summed E-state index contributed by atoms with van der Waals surface area (Å²) < 4.78 is -0.326. The first-order valence-corrected chi connectivity index (χ1v) is 3.43. The van der Waals surface area contributed by atoms with Crippen molar-refractivity contribution in [2.45, 2.75) is 23.6 Å². The topological polar surface area (TPSA) is 43.1 Å². The fourth-order valence-corrected chi connectivity index (χ4v) is 1.29. The van der Waals surface area contributed by atoms with Crippen LogP contribution in [-0.2, 0) is 4.79 Å². The number of nitrogens with two attached hydrogens (primary N) is 1. The molecule has 1 rings (SSSR count). The van der Waals surface area contributed by atoms with E-state index >= 15 is 0 Å². The van der Waals surface area contributed by atoms with Crippen LogP contribution < -0.4 is 5.73 Å². The zero-order valence-corrected chi connectivity index (χ0v) is 6.07. The predicted molar refractivity (Wildman–Crippen MR) is 34.7 cm³/mol. The summed E-state index contributed by atoms with van der Waals surface area (Å²) in [7, 11) is 0. The Balaban J connectivity index is 2.53. The van der Waals surface area contributed by atoms with E-state index in [2.05, 4.69) is 15.9 Å². The number of alkyl halides is 1. The number of amides is 1. The molecule has 1 saturated carbocycles. The third-order valence-electron chi connectivity index (χ3n) is 1.59. The summed E-state index contributed by atoms with van der Waals surface area (Å²) in [6, 6.07) is 0. The first kappa shape index (κ1) is 6.08. The van der Waals surface area contributed by atoms with E-state index in [9.17, 15) is 4.79 Å². The highest BCUT2D eigenvalue weighted by atomic mass is 79.9.